The average molecular weight is 430 g/mol. The summed E-state index contributed by atoms with van der Waals surface area (Å²) >= 11 is 0. The molecule has 0 aromatic heterocycles. The first-order valence-corrected chi connectivity index (χ1v) is 10.6. The van der Waals surface area contributed by atoms with Gasteiger partial charge in [0, 0.05) is 31.7 Å². The van der Waals surface area contributed by atoms with Gasteiger partial charge >= 0.3 is 6.09 Å². The molecule has 3 rings (SSSR count). The summed E-state index contributed by atoms with van der Waals surface area (Å²) in [7, 11) is 1.75. The summed E-state index contributed by atoms with van der Waals surface area (Å²) in [5, 5.41) is 0. The van der Waals surface area contributed by atoms with Crippen molar-refractivity contribution in [2.75, 3.05) is 30.8 Å². The van der Waals surface area contributed by atoms with Crippen molar-refractivity contribution in [1.82, 2.24) is 4.90 Å². The molecule has 31 heavy (non-hydrogen) atoms. The maximum Gasteiger partial charge on any atom is 0.410 e. The fourth-order valence-electron chi connectivity index (χ4n) is 3.89. The Morgan fingerprint density at radius 2 is 1.94 bits per heavy atom. The van der Waals surface area contributed by atoms with E-state index in [0.29, 0.717) is 18.0 Å². The number of ether oxygens (including phenoxy) is 2. The molecule has 2 N–H and O–H groups in total. The summed E-state index contributed by atoms with van der Waals surface area (Å²) in [5.74, 6) is 0.308. The molecule has 0 unspecified atom stereocenters. The molecule has 0 aliphatic carbocycles. The third-order valence-electron chi connectivity index (χ3n) is 5.32. The highest BCUT2D eigenvalue weighted by Crippen LogP contribution is 2.40. The van der Waals surface area contributed by atoms with Gasteiger partial charge in [-0.25, -0.2) is 9.18 Å². The van der Waals surface area contributed by atoms with Crippen molar-refractivity contribution in [1.29, 1.82) is 0 Å². The third kappa shape index (κ3) is 5.40. The molecular weight excluding hydrogens is 397 g/mol. The molecule has 1 aliphatic heterocycles. The number of nitrogens with zero attached hydrogens (tertiary/aromatic N) is 2. The second kappa shape index (κ2) is 9.04. The van der Waals surface area contributed by atoms with Crippen molar-refractivity contribution >= 4 is 17.5 Å². The molecule has 1 aliphatic rings. The quantitative estimate of drug-likeness (QED) is 0.650. The lowest BCUT2D eigenvalue weighted by Crippen LogP contribution is -2.43. The molecule has 1 heterocycles. The van der Waals surface area contributed by atoms with Gasteiger partial charge in [-0.2, -0.15) is 0 Å². The van der Waals surface area contributed by atoms with E-state index in [-0.39, 0.29) is 17.9 Å². The topological polar surface area (TPSA) is 68.0 Å². The molecule has 1 amide bonds. The summed E-state index contributed by atoms with van der Waals surface area (Å²) in [4.78, 5) is 16.3. The maximum atomic E-state index is 14.1. The van der Waals surface area contributed by atoms with Crippen LogP contribution < -0.4 is 15.4 Å². The largest absolute Gasteiger partial charge is 0.454 e. The minimum atomic E-state index is -0.542. The Kier molecular flexibility index (Phi) is 6.62. The van der Waals surface area contributed by atoms with Crippen molar-refractivity contribution in [3.63, 3.8) is 0 Å². The molecule has 6 nitrogen and oxygen atoms in total. The highest BCUT2D eigenvalue weighted by molar-refractivity contribution is 5.76. The van der Waals surface area contributed by atoms with Crippen molar-refractivity contribution < 1.29 is 18.7 Å². The Morgan fingerprint density at radius 1 is 1.23 bits per heavy atom. The lowest BCUT2D eigenvalue weighted by atomic mass is 10.1. The van der Waals surface area contributed by atoms with E-state index in [9.17, 15) is 9.18 Å². The molecule has 1 fully saturated rings. The number of benzene rings is 2. The minimum absolute atomic E-state index is 0.0993. The van der Waals surface area contributed by atoms with Gasteiger partial charge in [-0.1, -0.05) is 12.1 Å². The normalized spacial score (nSPS) is 16.3. The predicted molar refractivity (Wildman–Crippen MR) is 121 cm³/mol. The van der Waals surface area contributed by atoms with E-state index in [2.05, 4.69) is 4.90 Å². The monoisotopic (exact) mass is 429 g/mol. The second-order valence-corrected chi connectivity index (χ2v) is 9.01. The number of likely N-dealkylation sites (N-methyl/N-ethyl adjacent to an activating group) is 1. The number of hydrogen-bond acceptors (Lipinski definition) is 5. The number of carbonyl (C=O) groups is 1. The number of nitrogen functional groups attached to an aromatic ring is 1. The van der Waals surface area contributed by atoms with Crippen LogP contribution in [0.2, 0.25) is 0 Å². The number of carbonyl (C=O) groups excluding carboxylic acids is 1. The predicted octanol–water partition coefficient (Wildman–Crippen LogP) is 5.34. The second-order valence-electron chi connectivity index (χ2n) is 9.01. The number of rotatable bonds is 5. The summed E-state index contributed by atoms with van der Waals surface area (Å²) in [6, 6.07) is 9.96. The van der Waals surface area contributed by atoms with Crippen LogP contribution in [0.25, 0.3) is 0 Å². The number of halogens is 1. The van der Waals surface area contributed by atoms with E-state index >= 15 is 0 Å². The minimum Gasteiger partial charge on any atom is -0.454 e. The Labute approximate surface area is 183 Å². The number of amides is 1. The first kappa shape index (κ1) is 22.7. The number of anilines is 2. The van der Waals surface area contributed by atoms with Crippen molar-refractivity contribution in [3.05, 3.63) is 47.8 Å². The summed E-state index contributed by atoms with van der Waals surface area (Å²) in [6.45, 7) is 8.82. The zero-order valence-corrected chi connectivity index (χ0v) is 18.9. The summed E-state index contributed by atoms with van der Waals surface area (Å²) in [6.07, 6.45) is 1.58. The van der Waals surface area contributed by atoms with Crippen LogP contribution in [0.1, 0.15) is 39.2 Å². The van der Waals surface area contributed by atoms with Gasteiger partial charge in [0.1, 0.15) is 11.4 Å². The lowest BCUT2D eigenvalue weighted by Gasteiger charge is -2.33. The Hall–Kier alpha value is -2.96. The Morgan fingerprint density at radius 3 is 2.61 bits per heavy atom. The van der Waals surface area contributed by atoms with Gasteiger partial charge in [-0.15, -0.1) is 0 Å². The molecule has 7 heteroatoms. The smallest absolute Gasteiger partial charge is 0.410 e. The molecule has 0 saturated carbocycles. The fraction of sp³-hybridized carbons (Fsp3) is 0.458. The Balaban J connectivity index is 1.82. The van der Waals surface area contributed by atoms with Crippen LogP contribution in [-0.2, 0) is 4.74 Å². The summed E-state index contributed by atoms with van der Waals surface area (Å²) < 4.78 is 25.4. The molecule has 2 aromatic rings. The van der Waals surface area contributed by atoms with Crippen LogP contribution in [-0.4, -0.2) is 42.8 Å². The Bertz CT molecular complexity index is 942. The van der Waals surface area contributed by atoms with Crippen LogP contribution in [0.15, 0.2) is 36.4 Å². The maximum absolute atomic E-state index is 14.1. The van der Waals surface area contributed by atoms with Gasteiger partial charge in [0.05, 0.1) is 11.4 Å². The van der Waals surface area contributed by atoms with E-state index in [1.54, 1.807) is 42.3 Å². The average Bonchev–Trinajstić information content (AvgIpc) is 3.12. The highest BCUT2D eigenvalue weighted by Gasteiger charge is 2.31. The van der Waals surface area contributed by atoms with Crippen LogP contribution in [0.5, 0.6) is 11.5 Å². The molecule has 168 valence electrons. The zero-order valence-electron chi connectivity index (χ0n) is 18.9. The van der Waals surface area contributed by atoms with Crippen LogP contribution in [0.4, 0.5) is 20.6 Å². The molecule has 0 spiro atoms. The van der Waals surface area contributed by atoms with E-state index in [0.717, 1.165) is 30.6 Å². The van der Waals surface area contributed by atoms with Gasteiger partial charge in [-0.05, 0) is 64.8 Å². The molecular formula is C24H32FN3O3. The van der Waals surface area contributed by atoms with Gasteiger partial charge in [0.25, 0.3) is 0 Å². The van der Waals surface area contributed by atoms with E-state index < -0.39 is 11.4 Å². The first-order valence-electron chi connectivity index (χ1n) is 10.6. The standard InChI is InChI=1S/C24H32FN3O3/c1-16-20(30-21-11-7-6-10-18(21)25)13-12-19(26)22(16)28-14-8-9-17(28)15-27(5)23(29)31-24(2,3)4/h6-7,10-13,17H,8-9,14-15,26H2,1-5H3/t17-/m1/s1. The van der Waals surface area contributed by atoms with Gasteiger partial charge in [0.2, 0.25) is 0 Å². The van der Waals surface area contributed by atoms with Gasteiger partial charge < -0.3 is 25.0 Å². The van der Waals surface area contributed by atoms with Crippen LogP contribution >= 0.6 is 0 Å². The highest BCUT2D eigenvalue weighted by atomic mass is 19.1. The van der Waals surface area contributed by atoms with E-state index in [1.165, 1.54) is 6.07 Å². The van der Waals surface area contributed by atoms with E-state index in [1.807, 2.05) is 27.7 Å². The number of para-hydroxylation sites is 1. The molecule has 1 saturated heterocycles. The zero-order chi connectivity index (χ0) is 22.8. The SMILES string of the molecule is Cc1c(Oc2ccccc2F)ccc(N)c1N1CCC[C@@H]1CN(C)C(=O)OC(C)(C)C. The van der Waals surface area contributed by atoms with Crippen LogP contribution in [0, 0.1) is 12.7 Å². The third-order valence-corrected chi connectivity index (χ3v) is 5.32. The van der Waals surface area contributed by atoms with E-state index in [4.69, 9.17) is 15.2 Å². The van der Waals surface area contributed by atoms with Gasteiger partial charge in [0.15, 0.2) is 11.6 Å². The van der Waals surface area contributed by atoms with Crippen LogP contribution in [0.3, 0.4) is 0 Å². The lowest BCUT2D eigenvalue weighted by molar-refractivity contribution is 0.0290. The van der Waals surface area contributed by atoms with Crippen molar-refractivity contribution in [3.8, 4) is 11.5 Å². The summed E-state index contributed by atoms with van der Waals surface area (Å²) in [5.41, 5.74) is 8.15. The molecule has 0 bridgehead atoms. The first-order chi connectivity index (χ1) is 14.6. The van der Waals surface area contributed by atoms with Gasteiger partial charge in [-0.3, -0.25) is 0 Å². The molecule has 2 aromatic carbocycles. The fourth-order valence-corrected chi connectivity index (χ4v) is 3.89. The molecule has 0 radical (unpaired) electrons. The molecule has 1 atom stereocenters. The number of nitrogens with two attached hydrogens (primary N) is 1. The van der Waals surface area contributed by atoms with Crippen molar-refractivity contribution in [2.24, 2.45) is 0 Å². The number of hydrogen-bond donors (Lipinski definition) is 1. The van der Waals surface area contributed by atoms with Crippen molar-refractivity contribution in [2.45, 2.75) is 52.2 Å².